The molecule has 0 aromatic rings. The standard InChI is InChI=1S/C17H23I/c1-13-12-15(14-6-3-2-4-7-14)9-10-16(13)17-8-5-11-18-17/h2-3,9-14,16-17H,4-8H2,1H3. The second-order valence-electron chi connectivity index (χ2n) is 5.82. The first kappa shape index (κ1) is 12.8. The molecule has 0 saturated carbocycles. The minimum Gasteiger partial charge on any atom is -0.123 e. The molecule has 1 aliphatic heterocycles. The van der Waals surface area contributed by atoms with Crippen LogP contribution < -0.4 is 0 Å². The Morgan fingerprint density at radius 1 is 1.17 bits per heavy atom. The molecule has 0 fully saturated rings. The number of allylic oxidation sites excluding steroid dienone is 6. The van der Waals surface area contributed by atoms with Crippen LogP contribution >= 0.6 is 20.7 Å². The molecule has 0 saturated heterocycles. The molecule has 2 aliphatic carbocycles. The van der Waals surface area contributed by atoms with Crippen LogP contribution in [0.25, 0.3) is 0 Å². The van der Waals surface area contributed by atoms with E-state index in [1.165, 1.54) is 32.1 Å². The van der Waals surface area contributed by atoms with Crippen molar-refractivity contribution >= 4 is 24.7 Å². The fraction of sp³-hybridized carbons (Fsp3) is 0.588. The van der Waals surface area contributed by atoms with Crippen molar-refractivity contribution < 1.29 is 0 Å². The highest BCUT2D eigenvalue weighted by atomic mass is 127. The van der Waals surface area contributed by atoms with Gasteiger partial charge in [0.1, 0.15) is 0 Å². The lowest BCUT2D eigenvalue weighted by molar-refractivity contribution is 0.469. The summed E-state index contributed by atoms with van der Waals surface area (Å²) >= 11 is 0.377. The van der Waals surface area contributed by atoms with Gasteiger partial charge in [0.05, 0.1) is 0 Å². The quantitative estimate of drug-likeness (QED) is 0.371. The summed E-state index contributed by atoms with van der Waals surface area (Å²) in [4.78, 5) is 0. The van der Waals surface area contributed by atoms with E-state index in [4.69, 9.17) is 0 Å². The normalized spacial score (nSPS) is 39.5. The van der Waals surface area contributed by atoms with Crippen molar-refractivity contribution in [3.63, 3.8) is 0 Å². The van der Waals surface area contributed by atoms with E-state index in [-0.39, 0.29) is 0 Å². The van der Waals surface area contributed by atoms with Gasteiger partial charge in [0.2, 0.25) is 0 Å². The number of hydrogen-bond acceptors (Lipinski definition) is 0. The highest BCUT2D eigenvalue weighted by Gasteiger charge is 2.27. The van der Waals surface area contributed by atoms with Gasteiger partial charge in [0.15, 0.2) is 0 Å². The highest BCUT2D eigenvalue weighted by molar-refractivity contribution is 14.2. The molecule has 0 spiro atoms. The first-order chi connectivity index (χ1) is 8.84. The predicted octanol–water partition coefficient (Wildman–Crippen LogP) is 5.03. The largest absolute Gasteiger partial charge is 0.123 e. The number of rotatable bonds is 2. The van der Waals surface area contributed by atoms with E-state index in [0.717, 1.165) is 21.7 Å². The maximum atomic E-state index is 2.59. The fourth-order valence-electron chi connectivity index (χ4n) is 3.43. The zero-order chi connectivity index (χ0) is 12.4. The monoisotopic (exact) mass is 354 g/mol. The van der Waals surface area contributed by atoms with E-state index in [9.17, 15) is 0 Å². The van der Waals surface area contributed by atoms with E-state index in [1.54, 1.807) is 5.57 Å². The van der Waals surface area contributed by atoms with Crippen LogP contribution in [0.5, 0.6) is 0 Å². The first-order valence-electron chi connectivity index (χ1n) is 7.33. The fourth-order valence-corrected chi connectivity index (χ4v) is 6.89. The number of alkyl halides is 1. The summed E-state index contributed by atoms with van der Waals surface area (Å²) in [5.41, 5.74) is 1.63. The molecule has 0 radical (unpaired) electrons. The van der Waals surface area contributed by atoms with Gasteiger partial charge in [-0.1, -0.05) is 41.3 Å². The summed E-state index contributed by atoms with van der Waals surface area (Å²) in [5.74, 6) is 2.42. The second kappa shape index (κ2) is 5.85. The summed E-state index contributed by atoms with van der Waals surface area (Å²) in [6.07, 6.45) is 19.1. The SMILES string of the molecule is CC1C=C(C2CC=CCC2)C=CC1C1CCC=I1. The van der Waals surface area contributed by atoms with Crippen LogP contribution in [0.15, 0.2) is 36.0 Å². The summed E-state index contributed by atoms with van der Waals surface area (Å²) in [6, 6.07) is 0. The van der Waals surface area contributed by atoms with Crippen molar-refractivity contribution in [1.82, 2.24) is 0 Å². The average Bonchev–Trinajstić information content (AvgIpc) is 2.93. The Balaban J connectivity index is 1.69. The van der Waals surface area contributed by atoms with Gasteiger partial charge in [-0.2, -0.15) is 0 Å². The third-order valence-electron chi connectivity index (χ3n) is 4.53. The van der Waals surface area contributed by atoms with E-state index < -0.39 is 0 Å². The molecule has 0 bridgehead atoms. The van der Waals surface area contributed by atoms with Crippen LogP contribution in [0.1, 0.15) is 39.0 Å². The Labute approximate surface area is 121 Å². The molecule has 0 amide bonds. The summed E-state index contributed by atoms with van der Waals surface area (Å²) in [5, 5.41) is 0. The van der Waals surface area contributed by atoms with Gasteiger partial charge in [-0.15, -0.1) is 20.7 Å². The van der Waals surface area contributed by atoms with Crippen molar-refractivity contribution in [2.75, 3.05) is 0 Å². The molecule has 3 rings (SSSR count). The van der Waals surface area contributed by atoms with Crippen molar-refractivity contribution in [3.8, 4) is 0 Å². The van der Waals surface area contributed by atoms with Crippen LogP contribution in [-0.4, -0.2) is 7.94 Å². The summed E-state index contributed by atoms with van der Waals surface area (Å²) < 4.78 is 3.62. The lowest BCUT2D eigenvalue weighted by atomic mass is 9.78. The topological polar surface area (TPSA) is 0 Å². The molecule has 98 valence electrons. The summed E-state index contributed by atoms with van der Waals surface area (Å²) in [6.45, 7) is 2.44. The molecule has 18 heavy (non-hydrogen) atoms. The van der Waals surface area contributed by atoms with Gasteiger partial charge < -0.3 is 0 Å². The smallest absolute Gasteiger partial charge is 0.0131 e. The van der Waals surface area contributed by atoms with E-state index in [2.05, 4.69) is 41.3 Å². The molecule has 4 atom stereocenters. The molecule has 1 heterocycles. The Morgan fingerprint density at radius 2 is 2.11 bits per heavy atom. The second-order valence-corrected chi connectivity index (χ2v) is 9.02. The molecule has 0 nitrogen and oxygen atoms in total. The van der Waals surface area contributed by atoms with Crippen molar-refractivity contribution in [1.29, 1.82) is 0 Å². The van der Waals surface area contributed by atoms with E-state index in [1.807, 2.05) is 0 Å². The highest BCUT2D eigenvalue weighted by Crippen LogP contribution is 2.39. The predicted molar refractivity (Wildman–Crippen MR) is 89.5 cm³/mol. The number of halogens is 1. The Morgan fingerprint density at radius 3 is 2.78 bits per heavy atom. The van der Waals surface area contributed by atoms with Crippen LogP contribution in [0, 0.1) is 17.8 Å². The van der Waals surface area contributed by atoms with Crippen molar-refractivity contribution in [3.05, 3.63) is 36.0 Å². The molecule has 4 unspecified atom stereocenters. The minimum absolute atomic E-state index is 0.377. The van der Waals surface area contributed by atoms with E-state index >= 15 is 0 Å². The molecule has 1 heteroatoms. The summed E-state index contributed by atoms with van der Waals surface area (Å²) in [7, 11) is 0. The van der Waals surface area contributed by atoms with Crippen molar-refractivity contribution in [2.45, 2.75) is 43.0 Å². The molecular weight excluding hydrogens is 331 g/mol. The average molecular weight is 354 g/mol. The van der Waals surface area contributed by atoms with Gasteiger partial charge in [-0.05, 0) is 55.4 Å². The van der Waals surface area contributed by atoms with Gasteiger partial charge in [0.25, 0.3) is 0 Å². The molecular formula is C17H23I. The van der Waals surface area contributed by atoms with Gasteiger partial charge in [-0.3, -0.25) is 0 Å². The van der Waals surface area contributed by atoms with Crippen LogP contribution in [0.2, 0.25) is 0 Å². The zero-order valence-electron chi connectivity index (χ0n) is 11.2. The maximum absolute atomic E-state index is 2.59. The molecule has 3 aliphatic rings. The maximum Gasteiger partial charge on any atom is 0.0131 e. The van der Waals surface area contributed by atoms with Gasteiger partial charge >= 0.3 is 0 Å². The minimum atomic E-state index is 0.377. The Hall–Kier alpha value is -0.180. The third kappa shape index (κ3) is 2.71. The van der Waals surface area contributed by atoms with E-state index in [0.29, 0.717) is 20.7 Å². The van der Waals surface area contributed by atoms with Crippen LogP contribution in [0.3, 0.4) is 0 Å². The zero-order valence-corrected chi connectivity index (χ0v) is 13.3. The lowest BCUT2D eigenvalue weighted by Crippen LogP contribution is -2.22. The van der Waals surface area contributed by atoms with Crippen molar-refractivity contribution in [2.24, 2.45) is 17.8 Å². The number of hydrogen-bond donors (Lipinski definition) is 0. The Kier molecular flexibility index (Phi) is 4.17. The molecule has 0 aromatic heterocycles. The van der Waals surface area contributed by atoms with Crippen LogP contribution in [0.4, 0.5) is 0 Å². The van der Waals surface area contributed by atoms with Gasteiger partial charge in [-0.25, -0.2) is 0 Å². The first-order valence-corrected chi connectivity index (χ1v) is 9.82. The van der Waals surface area contributed by atoms with Crippen LogP contribution in [-0.2, 0) is 0 Å². The lowest BCUT2D eigenvalue weighted by Gasteiger charge is -2.30. The van der Waals surface area contributed by atoms with Gasteiger partial charge in [0, 0.05) is 3.92 Å². The Bertz CT molecular complexity index is 413. The third-order valence-corrected chi connectivity index (χ3v) is 8.04. The molecule has 0 N–H and O–H groups in total. The molecule has 0 aromatic carbocycles.